The van der Waals surface area contributed by atoms with Crippen LogP contribution < -0.4 is 21.1 Å². The number of halogens is 3. The van der Waals surface area contributed by atoms with Crippen LogP contribution in [0.3, 0.4) is 0 Å². The molecule has 0 saturated heterocycles. The third-order valence-corrected chi connectivity index (χ3v) is 3.97. The van der Waals surface area contributed by atoms with Gasteiger partial charge in [0, 0.05) is 11.4 Å². The summed E-state index contributed by atoms with van der Waals surface area (Å²) in [5.74, 6) is -0.263. The van der Waals surface area contributed by atoms with Gasteiger partial charge in [0.15, 0.2) is 0 Å². The highest BCUT2D eigenvalue weighted by Crippen LogP contribution is 2.32. The van der Waals surface area contributed by atoms with Crippen molar-refractivity contribution in [2.45, 2.75) is 6.18 Å². The fourth-order valence-corrected chi connectivity index (χ4v) is 2.64. The molecule has 2 amide bonds. The fourth-order valence-electron chi connectivity index (χ4n) is 2.64. The molecule has 0 heterocycles. The van der Waals surface area contributed by atoms with E-state index >= 15 is 0 Å². The van der Waals surface area contributed by atoms with E-state index < -0.39 is 23.7 Å². The number of benzene rings is 3. The molecule has 3 aromatic carbocycles. The first-order valence-electron chi connectivity index (χ1n) is 8.64. The Morgan fingerprint density at radius 3 is 2.23 bits per heavy atom. The number of hydrogen-bond donors (Lipinski definition) is 3. The first-order chi connectivity index (χ1) is 14.2. The molecule has 0 unspecified atom stereocenters. The molecule has 0 aliphatic rings. The van der Waals surface area contributed by atoms with E-state index in [4.69, 9.17) is 10.5 Å². The summed E-state index contributed by atoms with van der Waals surface area (Å²) in [5, 5.41) is 5.52. The van der Waals surface area contributed by atoms with E-state index in [1.807, 2.05) is 0 Å². The minimum Gasteiger partial charge on any atom is -0.411 e. The Morgan fingerprint density at radius 2 is 1.57 bits per heavy atom. The molecule has 154 valence electrons. The van der Waals surface area contributed by atoms with Crippen molar-refractivity contribution >= 4 is 29.1 Å². The number of carbonyl (C=O) groups is 2. The van der Waals surface area contributed by atoms with E-state index in [1.165, 1.54) is 42.5 Å². The molecule has 0 bridgehead atoms. The third kappa shape index (κ3) is 5.28. The van der Waals surface area contributed by atoms with Crippen LogP contribution in [-0.4, -0.2) is 12.0 Å². The van der Waals surface area contributed by atoms with Gasteiger partial charge in [-0.2, -0.15) is 13.2 Å². The summed E-state index contributed by atoms with van der Waals surface area (Å²) in [7, 11) is 0. The molecule has 0 radical (unpaired) electrons. The van der Waals surface area contributed by atoms with Gasteiger partial charge in [-0.1, -0.05) is 18.2 Å². The van der Waals surface area contributed by atoms with Gasteiger partial charge in [-0.3, -0.25) is 4.79 Å². The van der Waals surface area contributed by atoms with Crippen molar-refractivity contribution in [3.05, 3.63) is 83.9 Å². The quantitative estimate of drug-likeness (QED) is 0.537. The number of carbonyl (C=O) groups excluding carboxylic acids is 2. The number of nitrogens with two attached hydrogens (primary N) is 1. The number of rotatable bonds is 5. The largest absolute Gasteiger partial charge is 0.416 e. The van der Waals surface area contributed by atoms with Gasteiger partial charge in [0.1, 0.15) is 5.75 Å². The Morgan fingerprint density at radius 1 is 0.867 bits per heavy atom. The molecular weight excluding hydrogens is 399 g/mol. The van der Waals surface area contributed by atoms with Crippen LogP contribution in [0, 0.1) is 0 Å². The number of amides is 2. The van der Waals surface area contributed by atoms with Gasteiger partial charge >= 0.3 is 12.3 Å². The highest BCUT2D eigenvalue weighted by Gasteiger charge is 2.30. The maximum atomic E-state index is 12.9. The second-order valence-corrected chi connectivity index (χ2v) is 6.15. The summed E-state index contributed by atoms with van der Waals surface area (Å²) in [6.45, 7) is 0. The van der Waals surface area contributed by atoms with E-state index in [-0.39, 0.29) is 17.0 Å². The number of hydrogen-bond acceptors (Lipinski definition) is 4. The van der Waals surface area contributed by atoms with Crippen LogP contribution in [0.2, 0.25) is 0 Å². The van der Waals surface area contributed by atoms with E-state index in [2.05, 4.69) is 10.6 Å². The minimum atomic E-state index is -4.47. The first kappa shape index (κ1) is 20.7. The summed E-state index contributed by atoms with van der Waals surface area (Å²) in [6.07, 6.45) is -5.43. The molecule has 6 nitrogen and oxygen atoms in total. The predicted molar refractivity (Wildman–Crippen MR) is 106 cm³/mol. The van der Waals surface area contributed by atoms with E-state index in [0.717, 1.165) is 12.1 Å². The smallest absolute Gasteiger partial charge is 0.411 e. The summed E-state index contributed by atoms with van der Waals surface area (Å²) in [6, 6.07) is 17.0. The van der Waals surface area contributed by atoms with E-state index in [1.54, 1.807) is 18.2 Å². The molecule has 4 N–H and O–H groups in total. The van der Waals surface area contributed by atoms with Gasteiger partial charge in [0.2, 0.25) is 0 Å². The highest BCUT2D eigenvalue weighted by atomic mass is 19.4. The van der Waals surface area contributed by atoms with Gasteiger partial charge < -0.3 is 21.1 Å². The molecule has 0 aliphatic heterocycles. The zero-order chi connectivity index (χ0) is 21.7. The van der Waals surface area contributed by atoms with Gasteiger partial charge in [-0.15, -0.1) is 0 Å². The molecule has 0 fully saturated rings. The lowest BCUT2D eigenvalue weighted by atomic mass is 10.1. The molecule has 30 heavy (non-hydrogen) atoms. The van der Waals surface area contributed by atoms with Crippen molar-refractivity contribution in [2.24, 2.45) is 5.73 Å². The second kappa shape index (κ2) is 8.56. The Kier molecular flexibility index (Phi) is 5.91. The Bertz CT molecular complexity index is 1070. The van der Waals surface area contributed by atoms with Crippen molar-refractivity contribution in [1.82, 2.24) is 0 Å². The Balaban J connectivity index is 1.78. The summed E-state index contributed by atoms with van der Waals surface area (Å²) < 4.78 is 43.5. The molecule has 3 aromatic rings. The number of primary amides is 1. The third-order valence-electron chi connectivity index (χ3n) is 3.97. The topological polar surface area (TPSA) is 93.5 Å². The van der Waals surface area contributed by atoms with Gasteiger partial charge in [0.05, 0.1) is 16.8 Å². The molecule has 0 aromatic heterocycles. The minimum absolute atomic E-state index is 0.193. The van der Waals surface area contributed by atoms with Crippen LogP contribution in [0.1, 0.15) is 15.9 Å². The van der Waals surface area contributed by atoms with Crippen molar-refractivity contribution in [3.8, 4) is 5.75 Å². The molecule has 0 aliphatic carbocycles. The zero-order valence-electron chi connectivity index (χ0n) is 15.4. The molecular formula is C21H16F3N3O3. The van der Waals surface area contributed by atoms with Crippen molar-refractivity contribution in [2.75, 3.05) is 10.6 Å². The summed E-state index contributed by atoms with van der Waals surface area (Å²) >= 11 is 0. The molecule has 9 heteroatoms. The normalized spacial score (nSPS) is 10.9. The number of ether oxygens (including phenoxy) is 1. The fraction of sp³-hybridized carbons (Fsp3) is 0.0476. The average molecular weight is 415 g/mol. The van der Waals surface area contributed by atoms with Crippen LogP contribution in [0.15, 0.2) is 72.8 Å². The number of anilines is 3. The Labute approximate surface area is 169 Å². The molecule has 0 spiro atoms. The predicted octanol–water partition coefficient (Wildman–Crippen LogP) is 5.16. The highest BCUT2D eigenvalue weighted by molar-refractivity contribution is 6.08. The molecule has 0 atom stereocenters. The number of alkyl halides is 3. The van der Waals surface area contributed by atoms with Crippen LogP contribution in [0.25, 0.3) is 0 Å². The lowest BCUT2D eigenvalue weighted by Crippen LogP contribution is -2.16. The van der Waals surface area contributed by atoms with Crippen LogP contribution >= 0.6 is 0 Å². The zero-order valence-corrected chi connectivity index (χ0v) is 15.4. The SMILES string of the molecule is NC(=O)Oc1ccc(NC(=O)c2ccccc2Nc2cccc(C(F)(F)F)c2)cc1. The van der Waals surface area contributed by atoms with Crippen molar-refractivity contribution in [1.29, 1.82) is 0 Å². The summed E-state index contributed by atoms with van der Waals surface area (Å²) in [4.78, 5) is 23.4. The van der Waals surface area contributed by atoms with Gasteiger partial charge in [-0.25, -0.2) is 4.79 Å². The first-order valence-corrected chi connectivity index (χ1v) is 8.64. The Hall–Kier alpha value is -4.01. The number of nitrogens with one attached hydrogen (secondary N) is 2. The number of para-hydroxylation sites is 1. The molecule has 3 rings (SSSR count). The maximum Gasteiger partial charge on any atom is 0.416 e. The lowest BCUT2D eigenvalue weighted by molar-refractivity contribution is -0.137. The lowest BCUT2D eigenvalue weighted by Gasteiger charge is -2.14. The van der Waals surface area contributed by atoms with E-state index in [9.17, 15) is 22.8 Å². The average Bonchev–Trinajstić information content (AvgIpc) is 2.69. The van der Waals surface area contributed by atoms with Crippen LogP contribution in [0.5, 0.6) is 5.75 Å². The van der Waals surface area contributed by atoms with Crippen molar-refractivity contribution < 1.29 is 27.5 Å². The monoisotopic (exact) mass is 415 g/mol. The maximum absolute atomic E-state index is 12.9. The van der Waals surface area contributed by atoms with E-state index in [0.29, 0.717) is 11.4 Å². The standard InChI is InChI=1S/C21H16F3N3O3/c22-21(23,24)13-4-3-5-15(12-13)26-18-7-2-1-6-17(18)19(28)27-14-8-10-16(11-9-14)30-20(25)29/h1-12,26H,(H2,25,29)(H,27,28). The molecule has 0 saturated carbocycles. The summed E-state index contributed by atoms with van der Waals surface area (Å²) in [5.41, 5.74) is 5.31. The second-order valence-electron chi connectivity index (χ2n) is 6.15. The van der Waals surface area contributed by atoms with Crippen molar-refractivity contribution in [3.63, 3.8) is 0 Å². The van der Waals surface area contributed by atoms with Crippen LogP contribution in [-0.2, 0) is 6.18 Å². The van der Waals surface area contributed by atoms with Gasteiger partial charge in [-0.05, 0) is 54.6 Å². The van der Waals surface area contributed by atoms with Gasteiger partial charge in [0.25, 0.3) is 5.91 Å². The van der Waals surface area contributed by atoms with Crippen LogP contribution in [0.4, 0.5) is 35.0 Å².